The summed E-state index contributed by atoms with van der Waals surface area (Å²) in [5.41, 5.74) is 5.99. The second kappa shape index (κ2) is 6.02. The van der Waals surface area contributed by atoms with Crippen molar-refractivity contribution in [3.8, 4) is 0 Å². The molecule has 0 aromatic rings. The summed E-state index contributed by atoms with van der Waals surface area (Å²) in [6, 6.07) is -0.168. The van der Waals surface area contributed by atoms with Gasteiger partial charge >= 0.3 is 0 Å². The van der Waals surface area contributed by atoms with Crippen LogP contribution in [0.1, 0.15) is 59.3 Å². The van der Waals surface area contributed by atoms with Crippen LogP contribution in [0.5, 0.6) is 0 Å². The molecule has 2 aliphatic rings. The van der Waals surface area contributed by atoms with E-state index in [1.165, 1.54) is 4.90 Å². The largest absolute Gasteiger partial charge is 0.326 e. The first kappa shape index (κ1) is 17.4. The summed E-state index contributed by atoms with van der Waals surface area (Å²) in [5, 5.41) is 0. The first-order valence-corrected chi connectivity index (χ1v) is 7.32. The van der Waals surface area contributed by atoms with Crippen molar-refractivity contribution in [1.29, 1.82) is 0 Å². The molecule has 116 valence electrons. The number of halogens is 1. The Hall–Kier alpha value is -0.610. The standard InChI is InChI=1S/C15H26N2O2.ClH/c1-14(2,3)11(16)10-17-12(18)8-15(9-13(17)19)6-4-5-7-15;/h11H,4-10,16H2,1-3H3;1H/t11-;/m1./s1. The highest BCUT2D eigenvalue weighted by Crippen LogP contribution is 2.46. The highest BCUT2D eigenvalue weighted by atomic mass is 35.5. The molecular weight excluding hydrogens is 276 g/mol. The molecule has 0 bridgehead atoms. The zero-order valence-corrected chi connectivity index (χ0v) is 13.6. The molecule has 1 atom stereocenters. The van der Waals surface area contributed by atoms with Crippen LogP contribution in [-0.2, 0) is 9.59 Å². The number of piperidine rings is 1. The van der Waals surface area contributed by atoms with E-state index in [0.29, 0.717) is 19.4 Å². The van der Waals surface area contributed by atoms with Crippen molar-refractivity contribution in [2.24, 2.45) is 16.6 Å². The van der Waals surface area contributed by atoms with Gasteiger partial charge in [0.05, 0.1) is 0 Å². The molecule has 2 fully saturated rings. The van der Waals surface area contributed by atoms with Crippen LogP contribution in [0.15, 0.2) is 0 Å². The van der Waals surface area contributed by atoms with Gasteiger partial charge in [-0.05, 0) is 23.7 Å². The van der Waals surface area contributed by atoms with Gasteiger partial charge in [-0.15, -0.1) is 12.4 Å². The van der Waals surface area contributed by atoms with Crippen molar-refractivity contribution in [3.63, 3.8) is 0 Å². The van der Waals surface area contributed by atoms with E-state index in [2.05, 4.69) is 0 Å². The number of imide groups is 1. The molecule has 20 heavy (non-hydrogen) atoms. The van der Waals surface area contributed by atoms with E-state index >= 15 is 0 Å². The van der Waals surface area contributed by atoms with Gasteiger partial charge in [0.1, 0.15) is 0 Å². The monoisotopic (exact) mass is 302 g/mol. The highest BCUT2D eigenvalue weighted by Gasteiger charge is 2.45. The Bertz CT molecular complexity index is 364. The quantitative estimate of drug-likeness (QED) is 0.797. The highest BCUT2D eigenvalue weighted by molar-refractivity contribution is 5.98. The molecule has 0 radical (unpaired) electrons. The maximum atomic E-state index is 12.3. The number of hydrogen-bond donors (Lipinski definition) is 1. The lowest BCUT2D eigenvalue weighted by atomic mass is 9.76. The SMILES string of the molecule is CC(C)(C)[C@H](N)CN1C(=O)CC2(CCCC2)CC1=O.Cl. The van der Waals surface area contributed by atoms with Gasteiger partial charge in [0.15, 0.2) is 0 Å². The van der Waals surface area contributed by atoms with Gasteiger partial charge in [-0.2, -0.15) is 0 Å². The second-order valence-corrected chi connectivity index (χ2v) is 7.43. The molecule has 0 aromatic carbocycles. The maximum absolute atomic E-state index is 12.3. The Balaban J connectivity index is 0.00000200. The molecule has 1 saturated heterocycles. The lowest BCUT2D eigenvalue weighted by Gasteiger charge is -2.39. The molecule has 0 aromatic heterocycles. The summed E-state index contributed by atoms with van der Waals surface area (Å²) in [6.45, 7) is 6.47. The number of carbonyl (C=O) groups is 2. The normalized spacial score (nSPS) is 23.9. The first-order valence-electron chi connectivity index (χ1n) is 7.32. The van der Waals surface area contributed by atoms with Crippen LogP contribution in [0, 0.1) is 10.8 Å². The summed E-state index contributed by atoms with van der Waals surface area (Å²) >= 11 is 0. The van der Waals surface area contributed by atoms with Crippen LogP contribution in [0.2, 0.25) is 0 Å². The molecule has 2 amide bonds. The molecule has 1 heterocycles. The Morgan fingerprint density at radius 2 is 1.60 bits per heavy atom. The Morgan fingerprint density at radius 1 is 1.15 bits per heavy atom. The molecule has 2 rings (SSSR count). The third kappa shape index (κ3) is 3.53. The van der Waals surface area contributed by atoms with E-state index in [-0.39, 0.29) is 41.1 Å². The number of rotatable bonds is 2. The fourth-order valence-corrected chi connectivity index (χ4v) is 3.19. The van der Waals surface area contributed by atoms with E-state index in [9.17, 15) is 9.59 Å². The minimum Gasteiger partial charge on any atom is -0.326 e. The predicted octanol–water partition coefficient (Wildman–Crippen LogP) is 2.49. The minimum absolute atomic E-state index is 0. The molecule has 5 heteroatoms. The van der Waals surface area contributed by atoms with E-state index < -0.39 is 0 Å². The van der Waals surface area contributed by atoms with E-state index in [0.717, 1.165) is 25.7 Å². The van der Waals surface area contributed by atoms with E-state index in [4.69, 9.17) is 5.73 Å². The summed E-state index contributed by atoms with van der Waals surface area (Å²) in [4.78, 5) is 26.0. The van der Waals surface area contributed by atoms with Crippen molar-refractivity contribution < 1.29 is 9.59 Å². The fourth-order valence-electron chi connectivity index (χ4n) is 3.19. The maximum Gasteiger partial charge on any atom is 0.229 e. The van der Waals surface area contributed by atoms with Crippen LogP contribution < -0.4 is 5.73 Å². The number of likely N-dealkylation sites (tertiary alicyclic amines) is 1. The van der Waals surface area contributed by atoms with Crippen molar-refractivity contribution in [2.75, 3.05) is 6.54 Å². The van der Waals surface area contributed by atoms with Crippen LogP contribution in [0.3, 0.4) is 0 Å². The average Bonchev–Trinajstić information content (AvgIpc) is 2.70. The van der Waals surface area contributed by atoms with Gasteiger partial charge in [0.25, 0.3) is 0 Å². The number of nitrogens with two attached hydrogens (primary N) is 1. The summed E-state index contributed by atoms with van der Waals surface area (Å²) in [6.07, 6.45) is 5.45. The molecule has 4 nitrogen and oxygen atoms in total. The van der Waals surface area contributed by atoms with Crippen molar-refractivity contribution in [2.45, 2.75) is 65.3 Å². The van der Waals surface area contributed by atoms with Crippen molar-refractivity contribution in [3.05, 3.63) is 0 Å². The van der Waals surface area contributed by atoms with Gasteiger partial charge in [0, 0.05) is 25.4 Å². The third-order valence-corrected chi connectivity index (χ3v) is 4.81. The average molecular weight is 303 g/mol. The number of nitrogens with zero attached hydrogens (tertiary/aromatic N) is 1. The molecule has 1 aliphatic carbocycles. The van der Waals surface area contributed by atoms with Crippen LogP contribution in [0.4, 0.5) is 0 Å². The molecule has 1 aliphatic heterocycles. The summed E-state index contributed by atoms with van der Waals surface area (Å²) in [5.74, 6) is -0.0318. The molecule has 1 saturated carbocycles. The van der Waals surface area contributed by atoms with Crippen LogP contribution in [-0.4, -0.2) is 29.3 Å². The lowest BCUT2D eigenvalue weighted by molar-refractivity contribution is -0.154. The predicted molar refractivity (Wildman–Crippen MR) is 81.5 cm³/mol. The van der Waals surface area contributed by atoms with Gasteiger partial charge in [-0.25, -0.2) is 0 Å². The summed E-state index contributed by atoms with van der Waals surface area (Å²) in [7, 11) is 0. The first-order chi connectivity index (χ1) is 8.73. The number of hydrogen-bond acceptors (Lipinski definition) is 3. The Morgan fingerprint density at radius 3 is 2.00 bits per heavy atom. The van der Waals surface area contributed by atoms with Crippen molar-refractivity contribution in [1.82, 2.24) is 4.90 Å². The smallest absolute Gasteiger partial charge is 0.229 e. The lowest BCUT2D eigenvalue weighted by Crippen LogP contribution is -2.53. The van der Waals surface area contributed by atoms with Gasteiger partial charge < -0.3 is 5.73 Å². The van der Waals surface area contributed by atoms with Crippen LogP contribution >= 0.6 is 12.4 Å². The minimum atomic E-state index is -0.168. The topological polar surface area (TPSA) is 63.4 Å². The molecule has 2 N–H and O–H groups in total. The Labute approximate surface area is 127 Å². The van der Waals surface area contributed by atoms with Gasteiger partial charge in [-0.3, -0.25) is 14.5 Å². The second-order valence-electron chi connectivity index (χ2n) is 7.43. The van der Waals surface area contributed by atoms with E-state index in [1.54, 1.807) is 0 Å². The van der Waals surface area contributed by atoms with Crippen molar-refractivity contribution >= 4 is 24.2 Å². The number of carbonyl (C=O) groups excluding carboxylic acids is 2. The summed E-state index contributed by atoms with van der Waals surface area (Å²) < 4.78 is 0. The van der Waals surface area contributed by atoms with Gasteiger partial charge in [-0.1, -0.05) is 33.6 Å². The zero-order chi connectivity index (χ0) is 14.3. The molecule has 0 unspecified atom stereocenters. The molecule has 1 spiro atoms. The van der Waals surface area contributed by atoms with E-state index in [1.807, 2.05) is 20.8 Å². The van der Waals surface area contributed by atoms with Crippen LogP contribution in [0.25, 0.3) is 0 Å². The fraction of sp³-hybridized carbons (Fsp3) is 0.867. The third-order valence-electron chi connectivity index (χ3n) is 4.81. The zero-order valence-electron chi connectivity index (χ0n) is 12.8. The number of amides is 2. The Kier molecular flexibility index (Phi) is 5.25. The molecular formula is C15H27ClN2O2. The van der Waals surface area contributed by atoms with Gasteiger partial charge in [0.2, 0.25) is 11.8 Å².